The van der Waals surface area contributed by atoms with E-state index in [4.69, 9.17) is 5.11 Å². The maximum absolute atomic E-state index is 10.9. The Kier molecular flexibility index (Phi) is 4.91. The van der Waals surface area contributed by atoms with E-state index in [1.807, 2.05) is 43.9 Å². The van der Waals surface area contributed by atoms with E-state index in [0.717, 1.165) is 6.54 Å². The Bertz CT molecular complexity index is 381. The molecule has 18 heavy (non-hydrogen) atoms. The van der Waals surface area contributed by atoms with Gasteiger partial charge in [0.1, 0.15) is 0 Å². The fourth-order valence-electron chi connectivity index (χ4n) is 1.96. The number of carbonyl (C=O) groups is 1. The van der Waals surface area contributed by atoms with Gasteiger partial charge < -0.3 is 5.11 Å². The van der Waals surface area contributed by atoms with E-state index in [9.17, 15) is 4.79 Å². The number of hydrogen-bond donors (Lipinski definition) is 1. The summed E-state index contributed by atoms with van der Waals surface area (Å²) in [6.45, 7) is 9.12. The molecule has 0 fully saturated rings. The lowest BCUT2D eigenvalue weighted by atomic mass is 9.97. The second kappa shape index (κ2) is 6.01. The minimum atomic E-state index is -0.773. The smallest absolute Gasteiger partial charge is 0.317 e. The molecule has 1 atom stereocenters. The first-order chi connectivity index (χ1) is 8.30. The van der Waals surface area contributed by atoms with Crippen LogP contribution in [0.25, 0.3) is 0 Å². The summed E-state index contributed by atoms with van der Waals surface area (Å²) in [4.78, 5) is 12.9. The molecule has 1 rings (SSSR count). The molecule has 0 aliphatic heterocycles. The molecule has 0 aliphatic rings. The highest BCUT2D eigenvalue weighted by atomic mass is 16.4. The van der Waals surface area contributed by atoms with Gasteiger partial charge in [0.15, 0.2) is 0 Å². The van der Waals surface area contributed by atoms with Gasteiger partial charge in [0.2, 0.25) is 0 Å². The van der Waals surface area contributed by atoms with Gasteiger partial charge in [-0.05, 0) is 32.3 Å². The number of nitrogens with zero attached hydrogens (tertiary/aromatic N) is 1. The van der Waals surface area contributed by atoms with Crippen LogP contribution in [0.3, 0.4) is 0 Å². The SMILES string of the molecule is CC(CN(CC(=O)O)C(C)(C)C)c1ccccc1. The first-order valence-corrected chi connectivity index (χ1v) is 6.32. The summed E-state index contributed by atoms with van der Waals surface area (Å²) in [6.07, 6.45) is 0. The van der Waals surface area contributed by atoms with Crippen LogP contribution in [-0.4, -0.2) is 34.6 Å². The summed E-state index contributed by atoms with van der Waals surface area (Å²) in [5, 5.41) is 8.99. The maximum Gasteiger partial charge on any atom is 0.317 e. The fourth-order valence-corrected chi connectivity index (χ4v) is 1.96. The van der Waals surface area contributed by atoms with Crippen molar-refractivity contribution in [1.82, 2.24) is 4.90 Å². The summed E-state index contributed by atoms with van der Waals surface area (Å²) >= 11 is 0. The summed E-state index contributed by atoms with van der Waals surface area (Å²) in [5.74, 6) is -0.449. The fraction of sp³-hybridized carbons (Fsp3) is 0.533. The Morgan fingerprint density at radius 1 is 1.28 bits per heavy atom. The molecule has 0 radical (unpaired) electrons. The van der Waals surface area contributed by atoms with Crippen molar-refractivity contribution in [3.63, 3.8) is 0 Å². The molecule has 0 aliphatic carbocycles. The van der Waals surface area contributed by atoms with Crippen molar-refractivity contribution in [3.8, 4) is 0 Å². The lowest BCUT2D eigenvalue weighted by Gasteiger charge is -2.36. The molecule has 0 bridgehead atoms. The van der Waals surface area contributed by atoms with Crippen molar-refractivity contribution in [2.45, 2.75) is 39.2 Å². The normalized spacial score (nSPS) is 13.6. The molecule has 3 heteroatoms. The largest absolute Gasteiger partial charge is 0.480 e. The molecule has 100 valence electrons. The highest BCUT2D eigenvalue weighted by Gasteiger charge is 2.25. The Morgan fingerprint density at radius 2 is 1.83 bits per heavy atom. The van der Waals surface area contributed by atoms with Crippen molar-refractivity contribution in [1.29, 1.82) is 0 Å². The van der Waals surface area contributed by atoms with Gasteiger partial charge in [0, 0.05) is 12.1 Å². The highest BCUT2D eigenvalue weighted by molar-refractivity contribution is 5.69. The lowest BCUT2D eigenvalue weighted by Crippen LogP contribution is -2.46. The molecular weight excluding hydrogens is 226 g/mol. The molecule has 1 unspecified atom stereocenters. The molecule has 0 amide bonds. The third-order valence-corrected chi connectivity index (χ3v) is 3.14. The van der Waals surface area contributed by atoms with E-state index in [1.165, 1.54) is 5.56 Å². The van der Waals surface area contributed by atoms with Crippen molar-refractivity contribution in [2.75, 3.05) is 13.1 Å². The van der Waals surface area contributed by atoms with E-state index in [-0.39, 0.29) is 12.1 Å². The quantitative estimate of drug-likeness (QED) is 0.872. The minimum absolute atomic E-state index is 0.0840. The molecule has 0 heterocycles. The standard InChI is InChI=1S/C15H23NO2/c1-12(13-8-6-5-7-9-13)10-16(11-14(17)18)15(2,3)4/h5-9,12H,10-11H2,1-4H3,(H,17,18). The molecule has 1 aromatic carbocycles. The summed E-state index contributed by atoms with van der Waals surface area (Å²) < 4.78 is 0. The molecule has 3 nitrogen and oxygen atoms in total. The third kappa shape index (κ3) is 4.49. The van der Waals surface area contributed by atoms with Crippen molar-refractivity contribution in [2.24, 2.45) is 0 Å². The van der Waals surface area contributed by atoms with Crippen LogP contribution in [0.4, 0.5) is 0 Å². The molecule has 0 saturated heterocycles. The van der Waals surface area contributed by atoms with Crippen LogP contribution in [0, 0.1) is 0 Å². The second-order valence-corrected chi connectivity index (χ2v) is 5.76. The van der Waals surface area contributed by atoms with Crippen LogP contribution in [0.2, 0.25) is 0 Å². The third-order valence-electron chi connectivity index (χ3n) is 3.14. The Morgan fingerprint density at radius 3 is 2.28 bits per heavy atom. The molecule has 0 spiro atoms. The molecule has 0 saturated carbocycles. The van der Waals surface area contributed by atoms with Gasteiger partial charge in [-0.3, -0.25) is 9.69 Å². The first kappa shape index (κ1) is 14.7. The van der Waals surface area contributed by atoms with Crippen LogP contribution < -0.4 is 0 Å². The Labute approximate surface area is 109 Å². The van der Waals surface area contributed by atoms with Crippen LogP contribution in [0.5, 0.6) is 0 Å². The predicted octanol–water partition coefficient (Wildman–Crippen LogP) is 2.98. The van der Waals surface area contributed by atoms with Gasteiger partial charge in [0.25, 0.3) is 0 Å². The van der Waals surface area contributed by atoms with Crippen LogP contribution in [0.1, 0.15) is 39.2 Å². The minimum Gasteiger partial charge on any atom is -0.480 e. The summed E-state index contributed by atoms with van der Waals surface area (Å²) in [7, 11) is 0. The van der Waals surface area contributed by atoms with Gasteiger partial charge in [0.05, 0.1) is 6.54 Å². The Hall–Kier alpha value is -1.35. The van der Waals surface area contributed by atoms with Gasteiger partial charge in [-0.15, -0.1) is 0 Å². The van der Waals surface area contributed by atoms with Crippen molar-refractivity contribution >= 4 is 5.97 Å². The molecular formula is C15H23NO2. The van der Waals surface area contributed by atoms with Crippen molar-refractivity contribution < 1.29 is 9.90 Å². The zero-order valence-electron chi connectivity index (χ0n) is 11.7. The monoisotopic (exact) mass is 249 g/mol. The number of benzene rings is 1. The Balaban J connectivity index is 2.75. The number of hydrogen-bond acceptors (Lipinski definition) is 2. The molecule has 1 aromatic rings. The van der Waals surface area contributed by atoms with Crippen LogP contribution in [-0.2, 0) is 4.79 Å². The average Bonchev–Trinajstić information content (AvgIpc) is 2.27. The van der Waals surface area contributed by atoms with Gasteiger partial charge >= 0.3 is 5.97 Å². The zero-order valence-corrected chi connectivity index (χ0v) is 11.7. The van der Waals surface area contributed by atoms with E-state index in [0.29, 0.717) is 5.92 Å². The van der Waals surface area contributed by atoms with E-state index < -0.39 is 5.97 Å². The maximum atomic E-state index is 10.9. The van der Waals surface area contributed by atoms with E-state index in [1.54, 1.807) is 0 Å². The molecule has 0 aromatic heterocycles. The van der Waals surface area contributed by atoms with Crippen molar-refractivity contribution in [3.05, 3.63) is 35.9 Å². The number of rotatable bonds is 5. The second-order valence-electron chi connectivity index (χ2n) is 5.76. The van der Waals surface area contributed by atoms with Gasteiger partial charge in [-0.25, -0.2) is 0 Å². The topological polar surface area (TPSA) is 40.5 Å². The molecule has 1 N–H and O–H groups in total. The van der Waals surface area contributed by atoms with Crippen LogP contribution in [0.15, 0.2) is 30.3 Å². The summed E-state index contributed by atoms with van der Waals surface area (Å²) in [5.41, 5.74) is 1.11. The number of aliphatic carboxylic acids is 1. The number of carboxylic acid groups (broad SMARTS) is 1. The number of carboxylic acids is 1. The van der Waals surface area contributed by atoms with E-state index in [2.05, 4.69) is 19.1 Å². The average molecular weight is 249 g/mol. The van der Waals surface area contributed by atoms with Gasteiger partial charge in [-0.2, -0.15) is 0 Å². The highest BCUT2D eigenvalue weighted by Crippen LogP contribution is 2.21. The summed E-state index contributed by atoms with van der Waals surface area (Å²) in [6, 6.07) is 10.2. The predicted molar refractivity (Wildman–Crippen MR) is 73.8 cm³/mol. The van der Waals surface area contributed by atoms with E-state index >= 15 is 0 Å². The van der Waals surface area contributed by atoms with Gasteiger partial charge in [-0.1, -0.05) is 37.3 Å². The first-order valence-electron chi connectivity index (χ1n) is 6.32. The zero-order chi connectivity index (χ0) is 13.8. The van der Waals surface area contributed by atoms with Crippen LogP contribution >= 0.6 is 0 Å². The lowest BCUT2D eigenvalue weighted by molar-refractivity contribution is -0.139.